The maximum absolute atomic E-state index is 7.01. The van der Waals surface area contributed by atoms with Crippen molar-refractivity contribution < 1.29 is 18.3 Å². The summed E-state index contributed by atoms with van der Waals surface area (Å²) in [5.74, 6) is 4.65. The Balaban J connectivity index is 0.000000134. The number of aromatic nitrogens is 6. The van der Waals surface area contributed by atoms with Crippen molar-refractivity contribution in [3.8, 4) is 136 Å². The number of hydrogen-bond donors (Lipinski definition) is 0. The van der Waals surface area contributed by atoms with Crippen molar-refractivity contribution in [3.63, 3.8) is 0 Å². The number of para-hydroxylation sites is 5. The smallest absolute Gasteiger partial charge is 0.160 e. The van der Waals surface area contributed by atoms with Crippen LogP contribution in [0.25, 0.3) is 200 Å². The van der Waals surface area contributed by atoms with Gasteiger partial charge in [0.25, 0.3) is 0 Å². The van der Waals surface area contributed by atoms with Crippen LogP contribution in [0, 0.1) is 0 Å². The second-order valence-corrected chi connectivity index (χ2v) is 34.0. The van der Waals surface area contributed by atoms with E-state index in [-0.39, 0.29) is 0 Å². The highest BCUT2D eigenvalue weighted by molar-refractivity contribution is 6.17. The van der Waals surface area contributed by atoms with Gasteiger partial charge in [0.1, 0.15) is 45.3 Å². The minimum atomic E-state index is -0.616. The molecule has 10 nitrogen and oxygen atoms in total. The number of fused-ring (bicyclic) bond motifs is 30. The molecule has 18 aromatic carbocycles. The molecular formula is C120H70N6O4. The van der Waals surface area contributed by atoms with Gasteiger partial charge >= 0.3 is 0 Å². The van der Waals surface area contributed by atoms with E-state index in [2.05, 4.69) is 346 Å². The highest BCUT2D eigenvalue weighted by Crippen LogP contribution is 2.65. The van der Waals surface area contributed by atoms with E-state index in [0.29, 0.717) is 11.6 Å². The summed E-state index contributed by atoms with van der Waals surface area (Å²) in [7, 11) is 0. The van der Waals surface area contributed by atoms with E-state index in [1.807, 2.05) is 78.9 Å². The monoisotopic (exact) mass is 1660 g/mol. The predicted octanol–water partition coefficient (Wildman–Crippen LogP) is 30.4. The van der Waals surface area contributed by atoms with Crippen molar-refractivity contribution in [2.75, 3.05) is 0 Å². The van der Waals surface area contributed by atoms with E-state index in [0.717, 1.165) is 211 Å². The molecule has 0 saturated heterocycles. The standard InChI is InChI=1S/2C60H35N3O2/c1-3-16-36(17-4-1)57-46-34-56-50(60(49-27-12-14-29-55(49)64-56)47-25-10-7-20-39(47)40-21-8-11-26-48(40)60)33-44(46)45-32-38(30-31-51(45)61-57)52-35-53(63-59(62-52)37-18-5-2-6-19-37)43-24-15-23-42-41-22-9-13-28-54(41)65-58(42)43;1-3-16-36(17-4-1)58-45-34-56-49(60(48-26-12-14-28-54(48)65-56)46-24-10-7-20-39(46)40-21-8-11-25-47(40)60)33-43(45)44-32-38(30-31-50(44)61-58)51-35-52(63-59(62-51)37-18-5-2-6-19-37)41-23-15-29-55-57(41)42-22-9-13-27-53(42)64-55/h2*1-35H. The van der Waals surface area contributed by atoms with Gasteiger partial charge in [-0.2, -0.15) is 0 Å². The van der Waals surface area contributed by atoms with Crippen LogP contribution in [0.15, 0.2) is 433 Å². The van der Waals surface area contributed by atoms with Crippen LogP contribution in [-0.2, 0) is 10.8 Å². The van der Waals surface area contributed by atoms with Crippen LogP contribution in [0.1, 0.15) is 44.5 Å². The lowest BCUT2D eigenvalue weighted by atomic mass is 9.65. The Morgan fingerprint density at radius 2 is 0.546 bits per heavy atom. The van der Waals surface area contributed by atoms with Crippen LogP contribution in [0.2, 0.25) is 0 Å². The lowest BCUT2D eigenvalue weighted by Gasteiger charge is -2.39. The SMILES string of the molecule is c1ccc(-c2nc(-c3ccc4nc(-c5ccccc5)c5cc6c(cc5c4c3)C3(c4ccccc4O6)c4ccccc4-c4ccccc43)cc(-c3cccc4c3oc3ccccc34)n2)cc1.c1ccc(-c2nc(-c3ccc4nc(-c5ccccc5)c5cc6c(cc5c4c3)C3(c4ccccc4O6)c4ccccc4-c4ccccc43)cc(-c3cccc4oc5ccccc5c34)n2)cc1. The summed E-state index contributed by atoms with van der Waals surface area (Å²) in [4.78, 5) is 32.0. The Labute approximate surface area is 746 Å². The molecule has 130 heavy (non-hydrogen) atoms. The molecule has 6 aromatic heterocycles. The van der Waals surface area contributed by atoms with Crippen molar-refractivity contribution in [1.29, 1.82) is 0 Å². The van der Waals surface area contributed by atoms with E-state index in [1.54, 1.807) is 0 Å². The Morgan fingerprint density at radius 1 is 0.185 bits per heavy atom. The van der Waals surface area contributed by atoms with E-state index >= 15 is 0 Å². The maximum Gasteiger partial charge on any atom is 0.160 e. The molecule has 0 unspecified atom stereocenters. The van der Waals surface area contributed by atoms with Crippen LogP contribution in [0.4, 0.5) is 0 Å². The Hall–Kier alpha value is -17.3. The molecule has 0 bridgehead atoms. The minimum Gasteiger partial charge on any atom is -0.457 e. The molecule has 604 valence electrons. The van der Waals surface area contributed by atoms with E-state index in [1.165, 1.54) is 44.5 Å². The molecule has 0 N–H and O–H groups in total. The van der Waals surface area contributed by atoms with E-state index in [9.17, 15) is 0 Å². The van der Waals surface area contributed by atoms with Gasteiger partial charge in [0.2, 0.25) is 0 Å². The Bertz CT molecular complexity index is 8800. The lowest BCUT2D eigenvalue weighted by Crippen LogP contribution is -2.32. The van der Waals surface area contributed by atoms with Gasteiger partial charge in [0.05, 0.1) is 56.0 Å². The van der Waals surface area contributed by atoms with Crippen LogP contribution in [0.3, 0.4) is 0 Å². The number of hydrogen-bond acceptors (Lipinski definition) is 10. The van der Waals surface area contributed by atoms with Crippen LogP contribution in [0.5, 0.6) is 23.0 Å². The molecule has 4 aliphatic rings. The summed E-state index contributed by atoms with van der Waals surface area (Å²) in [6.07, 6.45) is 0. The molecule has 0 saturated carbocycles. The van der Waals surface area contributed by atoms with Gasteiger partial charge in [-0.3, -0.25) is 0 Å². The number of furan rings is 2. The first kappa shape index (κ1) is 73.1. The summed E-state index contributed by atoms with van der Waals surface area (Å²) in [6.45, 7) is 0. The molecule has 10 heteroatoms. The van der Waals surface area contributed by atoms with Gasteiger partial charge in [-0.15, -0.1) is 0 Å². The fraction of sp³-hybridized carbons (Fsp3) is 0.0167. The van der Waals surface area contributed by atoms with E-state index < -0.39 is 10.8 Å². The van der Waals surface area contributed by atoms with Crippen LogP contribution in [-0.4, -0.2) is 29.9 Å². The molecule has 2 spiro atoms. The summed E-state index contributed by atoms with van der Waals surface area (Å²) < 4.78 is 26.9. The second kappa shape index (κ2) is 28.6. The minimum absolute atomic E-state index is 0.615. The molecule has 28 rings (SSSR count). The fourth-order valence-electron chi connectivity index (χ4n) is 21.5. The van der Waals surface area contributed by atoms with Crippen molar-refractivity contribution in [3.05, 3.63) is 469 Å². The second-order valence-electron chi connectivity index (χ2n) is 34.0. The third-order valence-corrected chi connectivity index (χ3v) is 27.1. The number of benzene rings is 18. The van der Waals surface area contributed by atoms with E-state index in [4.69, 9.17) is 48.2 Å². The average Bonchev–Trinajstić information content (AvgIpc) is 1.49. The largest absolute Gasteiger partial charge is 0.457 e. The zero-order valence-electron chi connectivity index (χ0n) is 69.7. The van der Waals surface area contributed by atoms with Crippen molar-refractivity contribution in [1.82, 2.24) is 29.9 Å². The Kier molecular flexibility index (Phi) is 16.1. The molecule has 2 aliphatic carbocycles. The molecule has 8 heterocycles. The van der Waals surface area contributed by atoms with Crippen LogP contribution >= 0.6 is 0 Å². The average molecular weight is 1660 g/mol. The summed E-state index contributed by atoms with van der Waals surface area (Å²) >= 11 is 0. The summed E-state index contributed by atoms with van der Waals surface area (Å²) in [5.41, 5.74) is 31.1. The number of rotatable bonds is 8. The number of pyridine rings is 2. The molecule has 24 aromatic rings. The normalized spacial score (nSPS) is 13.2. The van der Waals surface area contributed by atoms with Crippen molar-refractivity contribution in [2.45, 2.75) is 10.8 Å². The first-order valence-corrected chi connectivity index (χ1v) is 44.0. The van der Waals surface area contributed by atoms with Gasteiger partial charge in [0.15, 0.2) is 11.6 Å². The number of nitrogens with zero attached hydrogens (tertiary/aromatic N) is 6. The zero-order valence-corrected chi connectivity index (χ0v) is 69.7. The molecule has 0 amide bonds. The van der Waals surface area contributed by atoms with Gasteiger partial charge in [-0.1, -0.05) is 328 Å². The first-order valence-electron chi connectivity index (χ1n) is 44.0. The van der Waals surface area contributed by atoms with Crippen molar-refractivity contribution in [2.24, 2.45) is 0 Å². The third-order valence-electron chi connectivity index (χ3n) is 27.1. The molecule has 0 atom stereocenters. The van der Waals surface area contributed by atoms with Gasteiger partial charge in [-0.05, 0) is 152 Å². The first-order chi connectivity index (χ1) is 64.4. The highest BCUT2D eigenvalue weighted by atomic mass is 16.5. The Morgan fingerprint density at radius 3 is 1.03 bits per heavy atom. The maximum atomic E-state index is 7.01. The fourth-order valence-corrected chi connectivity index (χ4v) is 21.5. The van der Waals surface area contributed by atoms with Gasteiger partial charge < -0.3 is 18.3 Å². The quantitative estimate of drug-likeness (QED) is 0.136. The van der Waals surface area contributed by atoms with Crippen LogP contribution < -0.4 is 9.47 Å². The lowest BCUT2D eigenvalue weighted by molar-refractivity contribution is 0.437. The predicted molar refractivity (Wildman–Crippen MR) is 522 cm³/mol. The summed E-state index contributed by atoms with van der Waals surface area (Å²) in [5, 5.41) is 10.5. The zero-order chi connectivity index (χ0) is 85.3. The molecule has 0 radical (unpaired) electrons. The molecular weight excluding hydrogens is 1590 g/mol. The summed E-state index contributed by atoms with van der Waals surface area (Å²) in [6, 6.07) is 149. The molecule has 0 fully saturated rings. The number of ether oxygens (including phenoxy) is 2. The van der Waals surface area contributed by atoms with Gasteiger partial charge in [-0.25, -0.2) is 29.9 Å². The highest BCUT2D eigenvalue weighted by Gasteiger charge is 2.53. The molecule has 2 aliphatic heterocycles. The topological polar surface area (TPSA) is 122 Å². The van der Waals surface area contributed by atoms with Crippen molar-refractivity contribution >= 4 is 87.2 Å². The third kappa shape index (κ3) is 10.9. The van der Waals surface area contributed by atoms with Gasteiger partial charge in [0, 0.05) is 110 Å².